The van der Waals surface area contributed by atoms with Gasteiger partial charge in [0, 0.05) is 37.8 Å². The number of nitrogens with one attached hydrogen (secondary N) is 1. The van der Waals surface area contributed by atoms with Gasteiger partial charge in [0.25, 0.3) is 5.91 Å². The molecule has 0 unspecified atom stereocenters. The third kappa shape index (κ3) is 4.67. The van der Waals surface area contributed by atoms with E-state index in [1.54, 1.807) is 30.3 Å². The predicted molar refractivity (Wildman–Crippen MR) is 112 cm³/mol. The van der Waals surface area contributed by atoms with Crippen molar-refractivity contribution in [1.82, 2.24) is 14.8 Å². The first kappa shape index (κ1) is 20.6. The Hall–Kier alpha value is -3.09. The maximum absolute atomic E-state index is 13.1. The molecule has 2 heterocycles. The molecule has 0 saturated carbocycles. The third-order valence-corrected chi connectivity index (χ3v) is 4.89. The summed E-state index contributed by atoms with van der Waals surface area (Å²) in [5.74, 6) is 1.17. The molecule has 0 aliphatic carbocycles. The number of ether oxygens (including phenoxy) is 1. The number of methoxy groups -OCH3 is 1. The minimum absolute atomic E-state index is 0.0987. The summed E-state index contributed by atoms with van der Waals surface area (Å²) in [6.45, 7) is 7.83. The van der Waals surface area contributed by atoms with Gasteiger partial charge in [0.15, 0.2) is 0 Å². The highest BCUT2D eigenvalue weighted by atomic mass is 16.5. The molecule has 3 rings (SSSR count). The minimum atomic E-state index is -0.415. The summed E-state index contributed by atoms with van der Waals surface area (Å²) in [4.78, 5) is 33.6. The number of pyridine rings is 1. The molecule has 1 aliphatic heterocycles. The van der Waals surface area contributed by atoms with Crippen molar-refractivity contribution in [3.63, 3.8) is 0 Å². The molecule has 1 aliphatic rings. The summed E-state index contributed by atoms with van der Waals surface area (Å²) < 4.78 is 5.37. The van der Waals surface area contributed by atoms with Crippen LogP contribution in [0, 0.1) is 5.41 Å². The van der Waals surface area contributed by atoms with Crippen LogP contribution in [0.1, 0.15) is 31.1 Å². The Balaban J connectivity index is 1.74. The smallest absolute Gasteiger partial charge is 0.257 e. The van der Waals surface area contributed by atoms with Crippen molar-refractivity contribution in [2.75, 3.05) is 38.6 Å². The van der Waals surface area contributed by atoms with Crippen LogP contribution >= 0.6 is 0 Å². The molecule has 1 aromatic heterocycles. The highest BCUT2D eigenvalue weighted by molar-refractivity contribution is 5.99. The average molecular weight is 396 g/mol. The SMILES string of the molecule is COc1ccccc1Nc1ncccc1C(=O)N1CCN(C(=O)C(C)(C)C)CC1. The van der Waals surface area contributed by atoms with E-state index in [0.717, 1.165) is 5.69 Å². The molecule has 1 aromatic carbocycles. The van der Waals surface area contributed by atoms with Crippen molar-refractivity contribution in [3.8, 4) is 5.75 Å². The number of anilines is 2. The van der Waals surface area contributed by atoms with Crippen LogP contribution in [0.5, 0.6) is 5.75 Å². The quantitative estimate of drug-likeness (QED) is 0.859. The molecule has 0 radical (unpaired) electrons. The summed E-state index contributed by atoms with van der Waals surface area (Å²) in [6.07, 6.45) is 1.65. The van der Waals surface area contributed by atoms with Crippen molar-refractivity contribution in [1.29, 1.82) is 0 Å². The van der Waals surface area contributed by atoms with Gasteiger partial charge in [0.05, 0.1) is 18.4 Å². The lowest BCUT2D eigenvalue weighted by Gasteiger charge is -2.37. The molecule has 154 valence electrons. The summed E-state index contributed by atoms with van der Waals surface area (Å²) >= 11 is 0. The molecule has 29 heavy (non-hydrogen) atoms. The molecule has 1 N–H and O–H groups in total. The van der Waals surface area contributed by atoms with Gasteiger partial charge in [-0.2, -0.15) is 0 Å². The van der Waals surface area contributed by atoms with Crippen LogP contribution in [0.25, 0.3) is 0 Å². The lowest BCUT2D eigenvalue weighted by molar-refractivity contribution is -0.140. The van der Waals surface area contributed by atoms with E-state index >= 15 is 0 Å². The van der Waals surface area contributed by atoms with Gasteiger partial charge in [0.1, 0.15) is 11.6 Å². The first-order valence-electron chi connectivity index (χ1n) is 9.75. The van der Waals surface area contributed by atoms with Crippen molar-refractivity contribution in [2.24, 2.45) is 5.41 Å². The number of carbonyl (C=O) groups excluding carboxylic acids is 2. The van der Waals surface area contributed by atoms with Crippen LogP contribution in [0.4, 0.5) is 11.5 Å². The van der Waals surface area contributed by atoms with Crippen molar-refractivity contribution >= 4 is 23.3 Å². The number of hydrogen-bond donors (Lipinski definition) is 1. The molecular weight excluding hydrogens is 368 g/mol. The number of para-hydroxylation sites is 2. The Kier molecular flexibility index (Phi) is 6.06. The van der Waals surface area contributed by atoms with Crippen LogP contribution < -0.4 is 10.1 Å². The molecule has 0 spiro atoms. The standard InChI is InChI=1S/C22H28N4O3/c1-22(2,3)21(28)26-14-12-25(13-15-26)20(27)16-8-7-11-23-19(16)24-17-9-5-6-10-18(17)29-4/h5-11H,12-15H2,1-4H3,(H,23,24). The van der Waals surface area contributed by atoms with E-state index in [1.165, 1.54) is 0 Å². The Labute approximate surface area is 171 Å². The van der Waals surface area contributed by atoms with Crippen LogP contribution in [0.3, 0.4) is 0 Å². The lowest BCUT2D eigenvalue weighted by Crippen LogP contribution is -2.53. The van der Waals surface area contributed by atoms with Gasteiger partial charge >= 0.3 is 0 Å². The van der Waals surface area contributed by atoms with E-state index in [0.29, 0.717) is 43.3 Å². The molecule has 1 fully saturated rings. The number of carbonyl (C=O) groups is 2. The van der Waals surface area contributed by atoms with E-state index in [9.17, 15) is 9.59 Å². The maximum Gasteiger partial charge on any atom is 0.257 e. The zero-order valence-corrected chi connectivity index (χ0v) is 17.4. The van der Waals surface area contributed by atoms with E-state index < -0.39 is 5.41 Å². The average Bonchev–Trinajstić information content (AvgIpc) is 2.73. The van der Waals surface area contributed by atoms with Crippen LogP contribution in [-0.4, -0.2) is 59.9 Å². The number of nitrogens with zero attached hydrogens (tertiary/aromatic N) is 3. The second-order valence-electron chi connectivity index (χ2n) is 8.06. The van der Waals surface area contributed by atoms with Gasteiger partial charge < -0.3 is 19.9 Å². The first-order valence-corrected chi connectivity index (χ1v) is 9.75. The van der Waals surface area contributed by atoms with Gasteiger partial charge in [0.2, 0.25) is 5.91 Å². The molecule has 2 amide bonds. The van der Waals surface area contributed by atoms with E-state index in [4.69, 9.17) is 4.74 Å². The largest absolute Gasteiger partial charge is 0.495 e. The Bertz CT molecular complexity index is 884. The number of hydrogen-bond acceptors (Lipinski definition) is 5. The fourth-order valence-electron chi connectivity index (χ4n) is 3.31. The summed E-state index contributed by atoms with van der Waals surface area (Å²) in [7, 11) is 1.60. The van der Waals surface area contributed by atoms with Crippen LogP contribution in [0.15, 0.2) is 42.6 Å². The number of aromatic nitrogens is 1. The van der Waals surface area contributed by atoms with Gasteiger partial charge in [-0.25, -0.2) is 4.98 Å². The summed E-state index contributed by atoms with van der Waals surface area (Å²) in [5.41, 5.74) is 0.818. The Morgan fingerprint density at radius 1 is 1.00 bits per heavy atom. The number of amides is 2. The van der Waals surface area contributed by atoms with Gasteiger partial charge in [-0.3, -0.25) is 9.59 Å². The minimum Gasteiger partial charge on any atom is -0.495 e. The van der Waals surface area contributed by atoms with Crippen LogP contribution in [-0.2, 0) is 4.79 Å². The first-order chi connectivity index (χ1) is 13.8. The summed E-state index contributed by atoms with van der Waals surface area (Å²) in [6, 6.07) is 11.0. The molecule has 7 nitrogen and oxygen atoms in total. The zero-order chi connectivity index (χ0) is 21.0. The topological polar surface area (TPSA) is 74.8 Å². The number of rotatable bonds is 4. The lowest BCUT2D eigenvalue weighted by atomic mass is 9.94. The highest BCUT2D eigenvalue weighted by Gasteiger charge is 2.31. The molecule has 7 heteroatoms. The monoisotopic (exact) mass is 396 g/mol. The fraction of sp³-hybridized carbons (Fsp3) is 0.409. The molecule has 1 saturated heterocycles. The third-order valence-electron chi connectivity index (χ3n) is 4.89. The van der Waals surface area contributed by atoms with Crippen molar-refractivity contribution in [2.45, 2.75) is 20.8 Å². The highest BCUT2D eigenvalue weighted by Crippen LogP contribution is 2.28. The Morgan fingerprint density at radius 2 is 1.66 bits per heavy atom. The molecule has 2 aromatic rings. The zero-order valence-electron chi connectivity index (χ0n) is 17.4. The van der Waals surface area contributed by atoms with Gasteiger partial charge in [-0.1, -0.05) is 32.9 Å². The van der Waals surface area contributed by atoms with E-state index in [-0.39, 0.29) is 11.8 Å². The predicted octanol–water partition coefficient (Wildman–Crippen LogP) is 3.16. The van der Waals surface area contributed by atoms with Gasteiger partial charge in [-0.05, 0) is 24.3 Å². The second kappa shape index (κ2) is 8.51. The normalized spacial score (nSPS) is 14.5. The van der Waals surface area contributed by atoms with Crippen molar-refractivity contribution < 1.29 is 14.3 Å². The van der Waals surface area contributed by atoms with Crippen LogP contribution in [0.2, 0.25) is 0 Å². The van der Waals surface area contributed by atoms with E-state index in [1.807, 2.05) is 49.9 Å². The second-order valence-corrected chi connectivity index (χ2v) is 8.06. The van der Waals surface area contributed by atoms with E-state index in [2.05, 4.69) is 10.3 Å². The Morgan fingerprint density at radius 3 is 2.31 bits per heavy atom. The number of benzene rings is 1. The summed E-state index contributed by atoms with van der Waals surface area (Å²) in [5, 5.41) is 3.21. The molecule has 0 bridgehead atoms. The molecule has 0 atom stereocenters. The number of piperazine rings is 1. The maximum atomic E-state index is 13.1. The fourth-order valence-corrected chi connectivity index (χ4v) is 3.31. The van der Waals surface area contributed by atoms with Gasteiger partial charge in [-0.15, -0.1) is 0 Å². The molecular formula is C22H28N4O3. The van der Waals surface area contributed by atoms with Crippen molar-refractivity contribution in [3.05, 3.63) is 48.2 Å².